The third-order valence-corrected chi connectivity index (χ3v) is 6.43. The number of furan rings is 1. The van der Waals surface area contributed by atoms with Gasteiger partial charge in [-0.05, 0) is 68.5 Å². The summed E-state index contributed by atoms with van der Waals surface area (Å²) < 4.78 is 11.6. The molecule has 6 heteroatoms. The van der Waals surface area contributed by atoms with Crippen LogP contribution in [0.3, 0.4) is 0 Å². The first-order valence-electron chi connectivity index (χ1n) is 11.5. The van der Waals surface area contributed by atoms with Crippen molar-refractivity contribution in [2.24, 2.45) is 0 Å². The summed E-state index contributed by atoms with van der Waals surface area (Å²) >= 11 is 0. The second-order valence-corrected chi connectivity index (χ2v) is 8.93. The summed E-state index contributed by atoms with van der Waals surface area (Å²) in [5.41, 5.74) is 1.52. The van der Waals surface area contributed by atoms with Crippen LogP contribution < -0.4 is 4.74 Å². The molecule has 1 aromatic carbocycles. The third-order valence-electron chi connectivity index (χ3n) is 6.43. The van der Waals surface area contributed by atoms with Crippen LogP contribution in [0.5, 0.6) is 5.75 Å². The monoisotopic (exact) mass is 437 g/mol. The molecule has 2 heterocycles. The molecule has 4 rings (SSSR count). The first-order valence-corrected chi connectivity index (χ1v) is 11.5. The maximum absolute atomic E-state index is 13.2. The molecule has 1 amide bonds. The van der Waals surface area contributed by atoms with Crippen LogP contribution in [-0.2, 0) is 9.59 Å². The van der Waals surface area contributed by atoms with E-state index in [2.05, 4.69) is 0 Å². The van der Waals surface area contributed by atoms with Crippen LogP contribution in [0.1, 0.15) is 81.1 Å². The normalized spacial score (nSPS) is 21.2. The van der Waals surface area contributed by atoms with E-state index in [4.69, 9.17) is 9.15 Å². The number of carbonyl (C=O) groups is 2. The molecular weight excluding hydrogens is 406 g/mol. The SMILES string of the molecule is CCOc1ccc(/C(O)=C2/C(=O)C(=O)N(C3CCCC3)C2c2ccc(C)o2)cc1C(C)C. The predicted octanol–water partition coefficient (Wildman–Crippen LogP) is 5.47. The van der Waals surface area contributed by atoms with Gasteiger partial charge in [-0.2, -0.15) is 0 Å². The Morgan fingerprint density at radius 2 is 1.91 bits per heavy atom. The molecule has 1 saturated heterocycles. The second-order valence-electron chi connectivity index (χ2n) is 8.93. The Bertz CT molecular complexity index is 1060. The fourth-order valence-electron chi connectivity index (χ4n) is 4.88. The Balaban J connectivity index is 1.86. The van der Waals surface area contributed by atoms with Crippen LogP contribution in [0.25, 0.3) is 5.76 Å². The van der Waals surface area contributed by atoms with Crippen molar-refractivity contribution >= 4 is 17.4 Å². The molecule has 0 bridgehead atoms. The lowest BCUT2D eigenvalue weighted by Gasteiger charge is -2.29. The molecule has 1 N–H and O–H groups in total. The van der Waals surface area contributed by atoms with Crippen molar-refractivity contribution < 1.29 is 23.8 Å². The lowest BCUT2D eigenvalue weighted by molar-refractivity contribution is -0.141. The molecule has 1 saturated carbocycles. The lowest BCUT2D eigenvalue weighted by Crippen LogP contribution is -2.37. The molecule has 1 atom stereocenters. The average Bonchev–Trinajstić information content (AvgIpc) is 3.49. The molecule has 2 fully saturated rings. The highest BCUT2D eigenvalue weighted by atomic mass is 16.5. The molecule has 6 nitrogen and oxygen atoms in total. The van der Waals surface area contributed by atoms with Gasteiger partial charge in [0.1, 0.15) is 29.1 Å². The molecule has 1 aromatic heterocycles. The summed E-state index contributed by atoms with van der Waals surface area (Å²) in [5.74, 6) is 0.719. The molecule has 0 spiro atoms. The van der Waals surface area contributed by atoms with Gasteiger partial charge in [-0.3, -0.25) is 9.59 Å². The minimum Gasteiger partial charge on any atom is -0.507 e. The van der Waals surface area contributed by atoms with E-state index in [0.29, 0.717) is 23.7 Å². The van der Waals surface area contributed by atoms with E-state index >= 15 is 0 Å². The van der Waals surface area contributed by atoms with E-state index in [9.17, 15) is 14.7 Å². The third kappa shape index (κ3) is 3.83. The Hall–Kier alpha value is -3.02. The highest BCUT2D eigenvalue weighted by molar-refractivity contribution is 6.46. The molecule has 1 unspecified atom stereocenters. The minimum absolute atomic E-state index is 0.0290. The summed E-state index contributed by atoms with van der Waals surface area (Å²) in [6, 6.07) is 8.25. The number of ether oxygens (including phenoxy) is 1. The van der Waals surface area contributed by atoms with Gasteiger partial charge < -0.3 is 19.2 Å². The highest BCUT2D eigenvalue weighted by Crippen LogP contribution is 2.44. The molecule has 32 heavy (non-hydrogen) atoms. The summed E-state index contributed by atoms with van der Waals surface area (Å²) in [5, 5.41) is 11.3. The van der Waals surface area contributed by atoms with Gasteiger partial charge >= 0.3 is 0 Å². The zero-order valence-electron chi connectivity index (χ0n) is 19.2. The quantitative estimate of drug-likeness (QED) is 0.368. The van der Waals surface area contributed by atoms with Gasteiger partial charge in [0.2, 0.25) is 0 Å². The summed E-state index contributed by atoms with van der Waals surface area (Å²) in [6.45, 7) is 8.38. The van der Waals surface area contributed by atoms with E-state index in [-0.39, 0.29) is 23.3 Å². The lowest BCUT2D eigenvalue weighted by atomic mass is 9.95. The summed E-state index contributed by atoms with van der Waals surface area (Å²) in [6.07, 6.45) is 3.75. The summed E-state index contributed by atoms with van der Waals surface area (Å²) in [7, 11) is 0. The number of Topliss-reactive ketones (excluding diaryl/α,β-unsaturated/α-hetero) is 1. The van der Waals surface area contributed by atoms with Gasteiger partial charge in [0, 0.05) is 11.6 Å². The topological polar surface area (TPSA) is 80.0 Å². The molecular formula is C26H31NO5. The number of rotatable bonds is 6. The van der Waals surface area contributed by atoms with Crippen LogP contribution in [0.2, 0.25) is 0 Å². The second kappa shape index (κ2) is 8.85. The van der Waals surface area contributed by atoms with E-state index in [1.807, 2.05) is 45.9 Å². The van der Waals surface area contributed by atoms with Crippen LogP contribution >= 0.6 is 0 Å². The summed E-state index contributed by atoms with van der Waals surface area (Å²) in [4.78, 5) is 27.9. The van der Waals surface area contributed by atoms with Gasteiger partial charge in [0.25, 0.3) is 11.7 Å². The number of benzene rings is 1. The number of amides is 1. The van der Waals surface area contributed by atoms with Crippen LogP contribution in [0.15, 0.2) is 40.3 Å². The predicted molar refractivity (Wildman–Crippen MR) is 122 cm³/mol. The number of ketones is 1. The highest BCUT2D eigenvalue weighted by Gasteiger charge is 2.50. The zero-order valence-corrected chi connectivity index (χ0v) is 19.2. The van der Waals surface area contributed by atoms with Gasteiger partial charge in [-0.25, -0.2) is 0 Å². The number of hydrogen-bond acceptors (Lipinski definition) is 5. The first kappa shape index (κ1) is 22.2. The van der Waals surface area contributed by atoms with E-state index in [0.717, 1.165) is 37.0 Å². The number of hydrogen-bond donors (Lipinski definition) is 1. The van der Waals surface area contributed by atoms with Gasteiger partial charge in [0.15, 0.2) is 0 Å². The molecule has 2 aliphatic rings. The Kier molecular flexibility index (Phi) is 6.13. The van der Waals surface area contributed by atoms with Gasteiger partial charge in [-0.1, -0.05) is 26.7 Å². The first-order chi connectivity index (χ1) is 15.3. The van der Waals surface area contributed by atoms with Crippen molar-refractivity contribution in [2.75, 3.05) is 6.61 Å². The number of aryl methyl sites for hydroxylation is 1. The molecule has 2 aromatic rings. The zero-order chi connectivity index (χ0) is 23.0. The van der Waals surface area contributed by atoms with Crippen molar-refractivity contribution in [3.63, 3.8) is 0 Å². The van der Waals surface area contributed by atoms with Gasteiger partial charge in [-0.15, -0.1) is 0 Å². The van der Waals surface area contributed by atoms with E-state index in [1.165, 1.54) is 0 Å². The number of nitrogens with zero attached hydrogens (tertiary/aromatic N) is 1. The van der Waals surface area contributed by atoms with Crippen molar-refractivity contribution in [3.8, 4) is 5.75 Å². The smallest absolute Gasteiger partial charge is 0.296 e. The Morgan fingerprint density at radius 1 is 1.19 bits per heavy atom. The molecule has 0 radical (unpaired) electrons. The van der Waals surface area contributed by atoms with E-state index in [1.54, 1.807) is 17.0 Å². The minimum atomic E-state index is -0.721. The van der Waals surface area contributed by atoms with Crippen LogP contribution in [0.4, 0.5) is 0 Å². The fourth-order valence-corrected chi connectivity index (χ4v) is 4.88. The largest absolute Gasteiger partial charge is 0.507 e. The number of likely N-dealkylation sites (tertiary alicyclic amines) is 1. The molecule has 1 aliphatic carbocycles. The fraction of sp³-hybridized carbons (Fsp3) is 0.462. The van der Waals surface area contributed by atoms with Crippen LogP contribution in [-0.4, -0.2) is 34.3 Å². The number of aliphatic hydroxyl groups excluding tert-OH is 1. The Labute approximate surface area is 188 Å². The maximum atomic E-state index is 13.2. The average molecular weight is 438 g/mol. The van der Waals surface area contributed by atoms with Crippen molar-refractivity contribution in [1.82, 2.24) is 4.90 Å². The Morgan fingerprint density at radius 3 is 2.50 bits per heavy atom. The van der Waals surface area contributed by atoms with Crippen LogP contribution in [0, 0.1) is 6.92 Å². The molecule has 170 valence electrons. The molecule has 1 aliphatic heterocycles. The number of carbonyl (C=O) groups excluding carboxylic acids is 2. The van der Waals surface area contributed by atoms with Crippen molar-refractivity contribution in [1.29, 1.82) is 0 Å². The maximum Gasteiger partial charge on any atom is 0.296 e. The van der Waals surface area contributed by atoms with Gasteiger partial charge in [0.05, 0.1) is 12.2 Å². The number of aliphatic hydroxyl groups is 1. The van der Waals surface area contributed by atoms with Crippen molar-refractivity contribution in [3.05, 3.63) is 58.6 Å². The van der Waals surface area contributed by atoms with Crippen molar-refractivity contribution in [2.45, 2.75) is 71.4 Å². The standard InChI is InChI=1S/C26H31NO5/c1-5-31-20-13-11-17(14-19(20)15(2)3)24(28)22-23(21-12-10-16(4)32-21)27(26(30)25(22)29)18-8-6-7-9-18/h10-15,18,23,28H,5-9H2,1-4H3/b24-22-. The van der Waals surface area contributed by atoms with E-state index < -0.39 is 17.7 Å².